The van der Waals surface area contributed by atoms with Gasteiger partial charge in [0.15, 0.2) is 0 Å². The molecule has 0 N–H and O–H groups in total. The van der Waals surface area contributed by atoms with Gasteiger partial charge in [0.05, 0.1) is 13.0 Å². The molecule has 3 fully saturated rings. The van der Waals surface area contributed by atoms with Gasteiger partial charge in [-0.1, -0.05) is 30.4 Å². The van der Waals surface area contributed by atoms with Crippen LogP contribution in [0.5, 0.6) is 5.75 Å². The first kappa shape index (κ1) is 14.8. The highest BCUT2D eigenvalue weighted by atomic mass is 16.6. The highest BCUT2D eigenvalue weighted by Gasteiger charge is 2.53. The van der Waals surface area contributed by atoms with Crippen LogP contribution in [0.3, 0.4) is 0 Å². The lowest BCUT2D eigenvalue weighted by Crippen LogP contribution is -2.51. The molecule has 0 aliphatic heterocycles. The van der Waals surface area contributed by atoms with E-state index in [9.17, 15) is 14.9 Å². The molecule has 3 aliphatic carbocycles. The smallest absolute Gasteiger partial charge is 0.223 e. The van der Waals surface area contributed by atoms with Crippen LogP contribution in [-0.2, 0) is 4.79 Å². The molecular weight excluding hydrogens is 282 g/mol. The Morgan fingerprint density at radius 3 is 2.77 bits per heavy atom. The first-order chi connectivity index (χ1) is 10.6. The fraction of sp³-hybridized carbons (Fsp3) is 0.471. The van der Waals surface area contributed by atoms with E-state index in [-0.39, 0.29) is 28.5 Å². The molecule has 22 heavy (non-hydrogen) atoms. The summed E-state index contributed by atoms with van der Waals surface area (Å²) in [6.45, 7) is 0. The maximum Gasteiger partial charge on any atom is 0.223 e. The molecular formula is C17H19NO4. The molecule has 0 radical (unpaired) electrons. The lowest BCUT2D eigenvalue weighted by molar-refractivity contribution is -0.545. The Hall–Kier alpha value is -2.17. The number of nitro groups is 1. The van der Waals surface area contributed by atoms with Crippen LogP contribution in [0.15, 0.2) is 30.3 Å². The average molecular weight is 301 g/mol. The molecule has 5 nitrogen and oxygen atoms in total. The van der Waals surface area contributed by atoms with Crippen molar-refractivity contribution in [3.8, 4) is 5.75 Å². The molecule has 0 heterocycles. The van der Waals surface area contributed by atoms with E-state index in [0.29, 0.717) is 6.42 Å². The Morgan fingerprint density at radius 1 is 1.32 bits per heavy atom. The lowest BCUT2D eigenvalue weighted by atomic mass is 9.61. The Kier molecular flexibility index (Phi) is 3.96. The number of carbonyl (C=O) groups is 1. The Morgan fingerprint density at radius 2 is 2.09 bits per heavy atom. The number of hydrogen-bond donors (Lipinski definition) is 0. The van der Waals surface area contributed by atoms with Crippen LogP contribution in [0, 0.1) is 27.9 Å². The van der Waals surface area contributed by atoms with Gasteiger partial charge in [0.1, 0.15) is 11.5 Å². The molecule has 1 aromatic rings. The number of nitrogens with zero attached hydrogens (tertiary/aromatic N) is 1. The zero-order valence-corrected chi connectivity index (χ0v) is 12.5. The molecule has 5 heteroatoms. The third-order valence-corrected chi connectivity index (χ3v) is 4.95. The minimum atomic E-state index is -0.637. The summed E-state index contributed by atoms with van der Waals surface area (Å²) in [5.74, 6) is 0.291. The van der Waals surface area contributed by atoms with Gasteiger partial charge >= 0.3 is 0 Å². The molecule has 0 saturated heterocycles. The number of hydrogen-bond acceptors (Lipinski definition) is 4. The third kappa shape index (κ3) is 2.51. The van der Waals surface area contributed by atoms with Crippen LogP contribution in [-0.4, -0.2) is 23.9 Å². The first-order valence-corrected chi connectivity index (χ1v) is 7.59. The summed E-state index contributed by atoms with van der Waals surface area (Å²) >= 11 is 0. The van der Waals surface area contributed by atoms with E-state index in [1.54, 1.807) is 7.11 Å². The van der Waals surface area contributed by atoms with Crippen molar-refractivity contribution < 1.29 is 14.5 Å². The van der Waals surface area contributed by atoms with E-state index in [1.807, 2.05) is 36.4 Å². The molecule has 1 aromatic carbocycles. The van der Waals surface area contributed by atoms with Crippen LogP contribution >= 0.6 is 0 Å². The molecule has 4 rings (SSSR count). The monoisotopic (exact) mass is 301 g/mol. The summed E-state index contributed by atoms with van der Waals surface area (Å²) in [5.41, 5.74) is 0.876. The van der Waals surface area contributed by atoms with E-state index < -0.39 is 6.04 Å². The summed E-state index contributed by atoms with van der Waals surface area (Å²) < 4.78 is 5.29. The van der Waals surface area contributed by atoms with Crippen molar-refractivity contribution >= 4 is 11.9 Å². The average Bonchev–Trinajstić information content (AvgIpc) is 2.52. The molecule has 3 saturated carbocycles. The maximum atomic E-state index is 12.1. The van der Waals surface area contributed by atoms with Gasteiger partial charge in [-0.25, -0.2) is 0 Å². The normalized spacial score (nSPS) is 30.7. The highest BCUT2D eigenvalue weighted by Crippen LogP contribution is 2.45. The van der Waals surface area contributed by atoms with Crippen molar-refractivity contribution in [2.45, 2.75) is 25.3 Å². The number of para-hydroxylation sites is 1. The highest BCUT2D eigenvalue weighted by molar-refractivity contribution is 5.84. The molecule has 0 unspecified atom stereocenters. The topological polar surface area (TPSA) is 69.4 Å². The van der Waals surface area contributed by atoms with Crippen LogP contribution in [0.25, 0.3) is 6.08 Å². The molecule has 3 aliphatic rings. The number of rotatable bonds is 4. The van der Waals surface area contributed by atoms with Crippen molar-refractivity contribution in [3.05, 3.63) is 46.0 Å². The second-order valence-corrected chi connectivity index (χ2v) is 6.07. The van der Waals surface area contributed by atoms with Gasteiger partial charge in [-0.05, 0) is 18.9 Å². The zero-order chi connectivity index (χ0) is 15.7. The van der Waals surface area contributed by atoms with Crippen LogP contribution in [0.1, 0.15) is 24.8 Å². The summed E-state index contributed by atoms with van der Waals surface area (Å²) in [5, 5.41) is 11.4. The first-order valence-electron chi connectivity index (χ1n) is 7.59. The summed E-state index contributed by atoms with van der Waals surface area (Å²) in [4.78, 5) is 23.3. The van der Waals surface area contributed by atoms with E-state index in [4.69, 9.17) is 4.74 Å². The van der Waals surface area contributed by atoms with Gasteiger partial charge in [-0.15, -0.1) is 0 Å². The largest absolute Gasteiger partial charge is 0.496 e. The van der Waals surface area contributed by atoms with Crippen molar-refractivity contribution in [3.63, 3.8) is 0 Å². The molecule has 2 bridgehead atoms. The predicted octanol–water partition coefficient (Wildman–Crippen LogP) is 2.97. The molecule has 0 amide bonds. The van der Waals surface area contributed by atoms with Crippen molar-refractivity contribution in [1.29, 1.82) is 0 Å². The third-order valence-electron chi connectivity index (χ3n) is 4.95. The maximum absolute atomic E-state index is 12.1. The van der Waals surface area contributed by atoms with Crippen LogP contribution < -0.4 is 4.74 Å². The van der Waals surface area contributed by atoms with Crippen molar-refractivity contribution in [2.24, 2.45) is 17.8 Å². The fourth-order valence-electron chi connectivity index (χ4n) is 3.90. The Labute approximate surface area is 129 Å². The van der Waals surface area contributed by atoms with Crippen LogP contribution in [0.2, 0.25) is 0 Å². The minimum absolute atomic E-state index is 0.111. The molecule has 0 aromatic heterocycles. The number of ether oxygens (including phenoxy) is 1. The molecule has 116 valence electrons. The number of Topliss-reactive ketones (excluding diaryl/α,β-unsaturated/α-hetero) is 1. The number of methoxy groups -OCH3 is 1. The summed E-state index contributed by atoms with van der Waals surface area (Å²) in [7, 11) is 1.60. The number of carbonyl (C=O) groups excluding carboxylic acids is 1. The second-order valence-electron chi connectivity index (χ2n) is 6.07. The quantitative estimate of drug-likeness (QED) is 0.633. The van der Waals surface area contributed by atoms with Crippen molar-refractivity contribution in [2.75, 3.05) is 7.11 Å². The summed E-state index contributed by atoms with van der Waals surface area (Å²) in [6, 6.07) is 6.89. The van der Waals surface area contributed by atoms with Gasteiger partial charge in [0.2, 0.25) is 6.04 Å². The fourth-order valence-corrected chi connectivity index (χ4v) is 3.90. The number of fused-ring (bicyclic) bond motifs is 3. The Balaban J connectivity index is 1.90. The lowest BCUT2D eigenvalue weighted by Gasteiger charge is -2.41. The zero-order valence-electron chi connectivity index (χ0n) is 12.5. The SMILES string of the molecule is COc1ccccc1C=C[C@H]1[C@@H]([N+](=O)[O-])[C@H]2CC[C@@H]1C(=O)C2. The van der Waals surface area contributed by atoms with E-state index in [0.717, 1.165) is 24.2 Å². The second kappa shape index (κ2) is 5.91. The van der Waals surface area contributed by atoms with Gasteiger partial charge < -0.3 is 4.74 Å². The predicted molar refractivity (Wildman–Crippen MR) is 82.1 cm³/mol. The van der Waals surface area contributed by atoms with Crippen LogP contribution in [0.4, 0.5) is 0 Å². The molecule has 4 atom stereocenters. The van der Waals surface area contributed by atoms with E-state index in [1.165, 1.54) is 0 Å². The standard InChI is InChI=1S/C17H19NO4/c1-22-16-5-3-2-4-11(16)6-9-14-13-8-7-12(10-15(13)19)17(14)18(20)21/h2-6,9,12-14,17H,7-8,10H2,1H3/t12-,13-,14+,17-/m0/s1. The van der Waals surface area contributed by atoms with Gasteiger partial charge in [-0.2, -0.15) is 0 Å². The van der Waals surface area contributed by atoms with Gasteiger partial charge in [0, 0.05) is 28.7 Å². The Bertz CT molecular complexity index is 625. The number of ketones is 1. The summed E-state index contributed by atoms with van der Waals surface area (Å²) in [6.07, 6.45) is 5.64. The molecule has 0 spiro atoms. The number of benzene rings is 1. The minimum Gasteiger partial charge on any atom is -0.496 e. The van der Waals surface area contributed by atoms with Gasteiger partial charge in [-0.3, -0.25) is 14.9 Å². The van der Waals surface area contributed by atoms with E-state index >= 15 is 0 Å². The van der Waals surface area contributed by atoms with Gasteiger partial charge in [0.25, 0.3) is 0 Å². The van der Waals surface area contributed by atoms with Crippen molar-refractivity contribution in [1.82, 2.24) is 0 Å². The van der Waals surface area contributed by atoms with E-state index in [2.05, 4.69) is 0 Å².